The van der Waals surface area contributed by atoms with Crippen molar-refractivity contribution in [2.24, 2.45) is 0 Å². The third kappa shape index (κ3) is 5.56. The van der Waals surface area contributed by atoms with Crippen LogP contribution in [0.15, 0.2) is 54.6 Å². The van der Waals surface area contributed by atoms with Gasteiger partial charge in [-0.05, 0) is 43.8 Å². The number of carbonyl (C=O) groups excluding carboxylic acids is 3. The molecule has 2 aliphatic rings. The van der Waals surface area contributed by atoms with Crippen LogP contribution >= 0.6 is 0 Å². The number of benzene rings is 2. The summed E-state index contributed by atoms with van der Waals surface area (Å²) in [5.41, 5.74) is 3.24. The predicted octanol–water partition coefficient (Wildman–Crippen LogP) is 2.51. The molecule has 2 amide bonds. The standard InChI is InChI=1S/C29H34N6O5/c1-3-40-29(39)35-25-18-34(28(38)24(19-36)20-7-5-4-6-8-20)17-23(25)26(31-35)30-27(37)21-9-11-22(12-10-21)33-15-13-32(2)14-16-33/h4-12,24,36H,3,13-19H2,1-2H3,(H,30,31,37)/t24-/m1/s1. The van der Waals surface area contributed by atoms with Crippen LogP contribution in [0.3, 0.4) is 0 Å². The molecule has 3 aromatic rings. The van der Waals surface area contributed by atoms with E-state index >= 15 is 0 Å². The van der Waals surface area contributed by atoms with Crippen LogP contribution in [-0.4, -0.2) is 89.0 Å². The zero-order valence-corrected chi connectivity index (χ0v) is 22.7. The van der Waals surface area contributed by atoms with Crippen molar-refractivity contribution >= 4 is 29.4 Å². The Morgan fingerprint density at radius 3 is 2.35 bits per heavy atom. The summed E-state index contributed by atoms with van der Waals surface area (Å²) in [5.74, 6) is -1.20. The van der Waals surface area contributed by atoms with E-state index in [0.29, 0.717) is 22.4 Å². The molecule has 0 radical (unpaired) electrons. The van der Waals surface area contributed by atoms with E-state index in [1.54, 1.807) is 36.1 Å². The molecular formula is C29H34N6O5. The Morgan fingerprint density at radius 2 is 1.70 bits per heavy atom. The normalized spacial score (nSPS) is 16.0. The molecule has 11 nitrogen and oxygen atoms in total. The predicted molar refractivity (Wildman–Crippen MR) is 149 cm³/mol. The number of hydrogen-bond donors (Lipinski definition) is 2. The van der Waals surface area contributed by atoms with E-state index in [1.807, 2.05) is 30.3 Å². The number of ether oxygens (including phenoxy) is 1. The monoisotopic (exact) mass is 546 g/mol. The minimum absolute atomic E-state index is 0.0961. The van der Waals surface area contributed by atoms with E-state index in [4.69, 9.17) is 4.74 Å². The number of piperazine rings is 1. The van der Waals surface area contributed by atoms with E-state index in [2.05, 4.69) is 27.3 Å². The number of hydrogen-bond acceptors (Lipinski definition) is 8. The highest BCUT2D eigenvalue weighted by Gasteiger charge is 2.36. The van der Waals surface area contributed by atoms with Crippen LogP contribution < -0.4 is 10.2 Å². The lowest BCUT2D eigenvalue weighted by atomic mass is 9.98. The third-order valence-corrected chi connectivity index (χ3v) is 7.44. The van der Waals surface area contributed by atoms with Crippen LogP contribution in [0, 0.1) is 0 Å². The van der Waals surface area contributed by atoms with Crippen molar-refractivity contribution in [2.45, 2.75) is 25.9 Å². The maximum absolute atomic E-state index is 13.4. The molecule has 1 fully saturated rings. The Balaban J connectivity index is 1.35. The van der Waals surface area contributed by atoms with Gasteiger partial charge in [0.25, 0.3) is 5.91 Å². The number of aliphatic hydroxyl groups excluding tert-OH is 1. The number of anilines is 2. The molecule has 0 aliphatic carbocycles. The van der Waals surface area contributed by atoms with Gasteiger partial charge in [-0.2, -0.15) is 4.68 Å². The lowest BCUT2D eigenvalue weighted by molar-refractivity contribution is -0.134. The number of likely N-dealkylation sites (N-methyl/N-ethyl adjacent to an activating group) is 1. The summed E-state index contributed by atoms with van der Waals surface area (Å²) in [7, 11) is 2.11. The lowest BCUT2D eigenvalue weighted by Gasteiger charge is -2.34. The molecule has 2 aromatic carbocycles. The van der Waals surface area contributed by atoms with Gasteiger partial charge in [0.05, 0.1) is 37.9 Å². The highest BCUT2D eigenvalue weighted by atomic mass is 16.6. The SMILES string of the molecule is CCOC(=O)n1nc(NC(=O)c2ccc(N3CCN(C)CC3)cc2)c2c1CN(C(=O)[C@H](CO)c1ccccc1)C2. The van der Waals surface area contributed by atoms with Gasteiger partial charge in [0, 0.05) is 43.0 Å². The van der Waals surface area contributed by atoms with Crippen LogP contribution in [0.4, 0.5) is 16.3 Å². The molecule has 1 atom stereocenters. The molecule has 3 heterocycles. The van der Waals surface area contributed by atoms with Gasteiger partial charge in [-0.25, -0.2) is 4.79 Å². The van der Waals surface area contributed by atoms with Crippen molar-refractivity contribution in [1.82, 2.24) is 19.6 Å². The summed E-state index contributed by atoms with van der Waals surface area (Å²) in [6, 6.07) is 16.5. The van der Waals surface area contributed by atoms with Crippen molar-refractivity contribution < 1.29 is 24.2 Å². The minimum atomic E-state index is -0.744. The maximum atomic E-state index is 13.4. The van der Waals surface area contributed by atoms with E-state index in [9.17, 15) is 19.5 Å². The molecule has 210 valence electrons. The number of nitrogens with one attached hydrogen (secondary N) is 1. The molecule has 0 bridgehead atoms. The van der Waals surface area contributed by atoms with Gasteiger partial charge in [-0.3, -0.25) is 9.59 Å². The van der Waals surface area contributed by atoms with Crippen LogP contribution in [0.5, 0.6) is 0 Å². The van der Waals surface area contributed by atoms with E-state index in [-0.39, 0.29) is 43.9 Å². The number of aromatic nitrogens is 2. The van der Waals surface area contributed by atoms with E-state index < -0.39 is 12.0 Å². The van der Waals surface area contributed by atoms with Crippen LogP contribution in [0.2, 0.25) is 0 Å². The quantitative estimate of drug-likeness (QED) is 0.464. The fraction of sp³-hybridized carbons (Fsp3) is 0.379. The summed E-state index contributed by atoms with van der Waals surface area (Å²) in [6.07, 6.45) is -0.688. The Hall–Kier alpha value is -4.22. The highest BCUT2D eigenvalue weighted by molar-refractivity contribution is 6.04. The van der Waals surface area contributed by atoms with E-state index in [1.165, 1.54) is 0 Å². The van der Waals surface area contributed by atoms with Gasteiger partial charge < -0.3 is 29.9 Å². The number of aliphatic hydroxyl groups is 1. The number of carbonyl (C=O) groups is 3. The average molecular weight is 547 g/mol. The van der Waals surface area contributed by atoms with Gasteiger partial charge >= 0.3 is 6.09 Å². The van der Waals surface area contributed by atoms with Crippen LogP contribution in [0.1, 0.15) is 40.0 Å². The topological polar surface area (TPSA) is 120 Å². The summed E-state index contributed by atoms with van der Waals surface area (Å²) in [6.45, 7) is 5.55. The molecule has 11 heteroatoms. The fourth-order valence-corrected chi connectivity index (χ4v) is 5.13. The number of nitrogens with zero attached hydrogens (tertiary/aromatic N) is 5. The van der Waals surface area contributed by atoms with Crippen molar-refractivity contribution in [1.29, 1.82) is 0 Å². The lowest BCUT2D eigenvalue weighted by Crippen LogP contribution is -2.44. The molecule has 2 N–H and O–H groups in total. The first-order chi connectivity index (χ1) is 19.4. The molecule has 1 saturated heterocycles. The summed E-state index contributed by atoms with van der Waals surface area (Å²) in [5, 5.41) is 17.2. The first kappa shape index (κ1) is 27.4. The molecule has 40 heavy (non-hydrogen) atoms. The molecular weight excluding hydrogens is 512 g/mol. The Bertz CT molecular complexity index is 1370. The second-order valence-corrected chi connectivity index (χ2v) is 10.0. The van der Waals surface area contributed by atoms with Gasteiger partial charge in [-0.1, -0.05) is 30.3 Å². The number of rotatable bonds is 7. The zero-order chi connectivity index (χ0) is 28.2. The maximum Gasteiger partial charge on any atom is 0.435 e. The van der Waals surface area contributed by atoms with Gasteiger partial charge in [0.2, 0.25) is 5.91 Å². The summed E-state index contributed by atoms with van der Waals surface area (Å²) < 4.78 is 6.27. The summed E-state index contributed by atoms with van der Waals surface area (Å²) in [4.78, 5) is 45.4. The van der Waals surface area contributed by atoms with Crippen molar-refractivity contribution in [3.8, 4) is 0 Å². The number of fused-ring (bicyclic) bond motifs is 1. The first-order valence-electron chi connectivity index (χ1n) is 13.5. The van der Waals surface area contributed by atoms with Crippen molar-refractivity contribution in [3.05, 3.63) is 77.0 Å². The largest absolute Gasteiger partial charge is 0.448 e. The Kier molecular flexibility index (Phi) is 8.13. The highest BCUT2D eigenvalue weighted by Crippen LogP contribution is 2.32. The minimum Gasteiger partial charge on any atom is -0.448 e. The molecule has 0 saturated carbocycles. The van der Waals surface area contributed by atoms with Crippen molar-refractivity contribution in [2.75, 3.05) is 56.7 Å². The first-order valence-corrected chi connectivity index (χ1v) is 13.5. The molecule has 2 aliphatic heterocycles. The third-order valence-electron chi connectivity index (χ3n) is 7.44. The van der Waals surface area contributed by atoms with Crippen LogP contribution in [-0.2, 0) is 22.6 Å². The number of amides is 2. The molecule has 0 spiro atoms. The Morgan fingerprint density at radius 1 is 1.00 bits per heavy atom. The van der Waals surface area contributed by atoms with Crippen molar-refractivity contribution in [3.63, 3.8) is 0 Å². The van der Waals surface area contributed by atoms with Crippen LogP contribution in [0.25, 0.3) is 0 Å². The summed E-state index contributed by atoms with van der Waals surface area (Å²) >= 11 is 0. The smallest absolute Gasteiger partial charge is 0.435 e. The molecule has 0 unspecified atom stereocenters. The Labute approximate surface area is 232 Å². The zero-order valence-electron chi connectivity index (χ0n) is 22.7. The second-order valence-electron chi connectivity index (χ2n) is 10.0. The average Bonchev–Trinajstić information content (AvgIpc) is 3.55. The van der Waals surface area contributed by atoms with E-state index in [0.717, 1.165) is 36.5 Å². The molecule has 1 aromatic heterocycles. The molecule has 5 rings (SSSR count). The van der Waals surface area contributed by atoms with Gasteiger partial charge in [0.15, 0.2) is 5.82 Å². The van der Waals surface area contributed by atoms with Gasteiger partial charge in [0.1, 0.15) is 0 Å². The second kappa shape index (κ2) is 11.9. The fourth-order valence-electron chi connectivity index (χ4n) is 5.13. The van der Waals surface area contributed by atoms with Gasteiger partial charge in [-0.15, -0.1) is 5.10 Å².